The molecule has 0 fully saturated rings. The fourth-order valence-corrected chi connectivity index (χ4v) is 2.43. The van der Waals surface area contributed by atoms with Crippen LogP contribution in [0.5, 0.6) is 0 Å². The van der Waals surface area contributed by atoms with Gasteiger partial charge >= 0.3 is 0 Å². The molecular weight excluding hydrogens is 264 g/mol. The minimum Gasteiger partial charge on any atom is -0.455 e. The highest BCUT2D eigenvalue weighted by Gasteiger charge is 2.12. The predicted molar refractivity (Wildman–Crippen MR) is 69.4 cm³/mol. The number of para-hydroxylation sites is 1. The molecule has 2 heteroatoms. The number of fused-ring (bicyclic) bond motifs is 1. The van der Waals surface area contributed by atoms with Crippen molar-refractivity contribution in [2.75, 3.05) is 0 Å². The van der Waals surface area contributed by atoms with Crippen molar-refractivity contribution in [3.05, 3.63) is 59.1 Å². The van der Waals surface area contributed by atoms with Gasteiger partial charge in [-0.1, -0.05) is 42.5 Å². The molecule has 0 spiro atoms. The molecule has 0 saturated heterocycles. The molecule has 0 aliphatic heterocycles. The normalized spacial score (nSPS) is 10.8. The summed E-state index contributed by atoms with van der Waals surface area (Å²) in [5.41, 5.74) is 2.00. The molecule has 1 heterocycles. The second-order valence-corrected chi connectivity index (χ2v) is 4.40. The number of furan rings is 1. The van der Waals surface area contributed by atoms with Crippen LogP contribution in [0.4, 0.5) is 0 Å². The van der Waals surface area contributed by atoms with Gasteiger partial charge in [0, 0.05) is 10.9 Å². The van der Waals surface area contributed by atoms with Gasteiger partial charge in [0.15, 0.2) is 0 Å². The molecule has 0 amide bonds. The lowest BCUT2D eigenvalue weighted by molar-refractivity contribution is 0.630. The summed E-state index contributed by atoms with van der Waals surface area (Å²) in [7, 11) is 0. The average molecular weight is 273 g/mol. The highest BCUT2D eigenvalue weighted by Crippen LogP contribution is 2.37. The van der Waals surface area contributed by atoms with Crippen molar-refractivity contribution in [1.29, 1.82) is 0 Å². The topological polar surface area (TPSA) is 13.1 Å². The van der Waals surface area contributed by atoms with Gasteiger partial charge in [-0.25, -0.2) is 0 Å². The molecular formula is C14H9BrO. The second-order valence-electron chi connectivity index (χ2n) is 3.61. The van der Waals surface area contributed by atoms with Crippen LogP contribution in [0.3, 0.4) is 0 Å². The number of halogens is 1. The van der Waals surface area contributed by atoms with Gasteiger partial charge in [0.05, 0.1) is 4.47 Å². The third-order valence-corrected chi connectivity index (χ3v) is 3.36. The molecule has 0 aliphatic rings. The van der Waals surface area contributed by atoms with Crippen LogP contribution in [0.1, 0.15) is 0 Å². The third kappa shape index (κ3) is 1.46. The quantitative estimate of drug-likeness (QED) is 0.617. The van der Waals surface area contributed by atoms with Crippen LogP contribution >= 0.6 is 15.9 Å². The molecule has 3 rings (SSSR count). The molecule has 0 bridgehead atoms. The highest BCUT2D eigenvalue weighted by atomic mass is 79.9. The van der Waals surface area contributed by atoms with Gasteiger partial charge in [0.2, 0.25) is 0 Å². The Balaban J connectivity index is 2.29. The molecule has 3 aromatic rings. The van der Waals surface area contributed by atoms with Gasteiger partial charge < -0.3 is 4.42 Å². The highest BCUT2D eigenvalue weighted by molar-refractivity contribution is 9.10. The lowest BCUT2D eigenvalue weighted by atomic mass is 10.1. The Bertz CT molecular complexity index is 626. The second kappa shape index (κ2) is 3.80. The summed E-state index contributed by atoms with van der Waals surface area (Å²) in [6.07, 6.45) is 0. The van der Waals surface area contributed by atoms with Gasteiger partial charge in [0.25, 0.3) is 0 Å². The van der Waals surface area contributed by atoms with E-state index in [2.05, 4.69) is 22.0 Å². The maximum atomic E-state index is 5.84. The van der Waals surface area contributed by atoms with E-state index >= 15 is 0 Å². The largest absolute Gasteiger partial charge is 0.455 e. The minimum atomic E-state index is 0.891. The Morgan fingerprint density at radius 2 is 1.50 bits per heavy atom. The summed E-state index contributed by atoms with van der Waals surface area (Å²) in [5, 5.41) is 1.11. The van der Waals surface area contributed by atoms with Crippen molar-refractivity contribution < 1.29 is 4.42 Å². The molecule has 0 saturated carbocycles. The molecule has 0 unspecified atom stereocenters. The van der Waals surface area contributed by atoms with E-state index in [4.69, 9.17) is 4.42 Å². The van der Waals surface area contributed by atoms with Crippen molar-refractivity contribution >= 4 is 26.9 Å². The summed E-state index contributed by atoms with van der Waals surface area (Å²) in [4.78, 5) is 0. The summed E-state index contributed by atoms with van der Waals surface area (Å²) in [5.74, 6) is 0.891. The standard InChI is InChI=1S/C14H9BrO/c15-13-11-8-4-5-9-12(11)16-14(13)10-6-2-1-3-7-10/h1-9H. The first-order valence-electron chi connectivity index (χ1n) is 5.09. The number of rotatable bonds is 1. The molecule has 0 atom stereocenters. The van der Waals surface area contributed by atoms with Crippen LogP contribution in [0, 0.1) is 0 Å². The first kappa shape index (κ1) is 9.67. The SMILES string of the molecule is Brc1c(-c2ccccc2)oc2ccccc12. The van der Waals surface area contributed by atoms with Crippen LogP contribution in [0.25, 0.3) is 22.3 Å². The molecule has 1 nitrogen and oxygen atoms in total. The average Bonchev–Trinajstić information content (AvgIpc) is 2.69. The summed E-state index contributed by atoms with van der Waals surface area (Å²) < 4.78 is 6.86. The fraction of sp³-hybridized carbons (Fsp3) is 0. The maximum Gasteiger partial charge on any atom is 0.149 e. The van der Waals surface area contributed by atoms with E-state index in [0.29, 0.717) is 0 Å². The molecule has 0 aliphatic carbocycles. The van der Waals surface area contributed by atoms with Crippen LogP contribution < -0.4 is 0 Å². The Kier molecular flexibility index (Phi) is 2.29. The van der Waals surface area contributed by atoms with Crippen LogP contribution in [0.2, 0.25) is 0 Å². The zero-order chi connectivity index (χ0) is 11.0. The van der Waals surface area contributed by atoms with E-state index in [1.165, 1.54) is 0 Å². The van der Waals surface area contributed by atoms with Gasteiger partial charge in [-0.2, -0.15) is 0 Å². The Labute approximate surface area is 102 Å². The first-order chi connectivity index (χ1) is 7.86. The number of hydrogen-bond donors (Lipinski definition) is 0. The third-order valence-electron chi connectivity index (χ3n) is 2.57. The molecule has 16 heavy (non-hydrogen) atoms. The summed E-state index contributed by atoms with van der Waals surface area (Å²) >= 11 is 3.59. The van der Waals surface area contributed by atoms with Crippen LogP contribution in [-0.2, 0) is 0 Å². The first-order valence-corrected chi connectivity index (χ1v) is 5.88. The van der Waals surface area contributed by atoms with Crippen LogP contribution in [-0.4, -0.2) is 0 Å². The van der Waals surface area contributed by atoms with Crippen molar-refractivity contribution in [2.24, 2.45) is 0 Å². The van der Waals surface area contributed by atoms with E-state index < -0.39 is 0 Å². The van der Waals surface area contributed by atoms with Crippen molar-refractivity contribution in [3.8, 4) is 11.3 Å². The minimum absolute atomic E-state index is 0.891. The fourth-order valence-electron chi connectivity index (χ4n) is 1.79. The number of benzene rings is 2. The monoisotopic (exact) mass is 272 g/mol. The smallest absolute Gasteiger partial charge is 0.149 e. The zero-order valence-electron chi connectivity index (χ0n) is 8.48. The van der Waals surface area contributed by atoms with E-state index in [-0.39, 0.29) is 0 Å². The van der Waals surface area contributed by atoms with Gasteiger partial charge in [-0.05, 0) is 28.1 Å². The molecule has 78 valence electrons. The van der Waals surface area contributed by atoms with Crippen LogP contribution in [0.15, 0.2) is 63.5 Å². The molecule has 0 N–H and O–H groups in total. The Morgan fingerprint density at radius 1 is 0.812 bits per heavy atom. The van der Waals surface area contributed by atoms with Gasteiger partial charge in [0.1, 0.15) is 11.3 Å². The van der Waals surface area contributed by atoms with Crippen molar-refractivity contribution in [3.63, 3.8) is 0 Å². The molecule has 2 aromatic carbocycles. The zero-order valence-corrected chi connectivity index (χ0v) is 10.1. The number of hydrogen-bond acceptors (Lipinski definition) is 1. The van der Waals surface area contributed by atoms with E-state index in [1.807, 2.05) is 48.5 Å². The Morgan fingerprint density at radius 3 is 2.25 bits per heavy atom. The maximum absolute atomic E-state index is 5.84. The lowest BCUT2D eigenvalue weighted by Crippen LogP contribution is -1.72. The van der Waals surface area contributed by atoms with Crippen molar-refractivity contribution in [2.45, 2.75) is 0 Å². The summed E-state index contributed by atoms with van der Waals surface area (Å²) in [6.45, 7) is 0. The molecule has 1 aromatic heterocycles. The van der Waals surface area contributed by atoms with Crippen molar-refractivity contribution in [1.82, 2.24) is 0 Å². The van der Waals surface area contributed by atoms with E-state index in [0.717, 1.165) is 26.8 Å². The molecule has 0 radical (unpaired) electrons. The van der Waals surface area contributed by atoms with Gasteiger partial charge in [-0.15, -0.1) is 0 Å². The predicted octanol–water partition coefficient (Wildman–Crippen LogP) is 4.86. The van der Waals surface area contributed by atoms with E-state index in [9.17, 15) is 0 Å². The lowest BCUT2D eigenvalue weighted by Gasteiger charge is -1.95. The van der Waals surface area contributed by atoms with E-state index in [1.54, 1.807) is 0 Å². The Hall–Kier alpha value is -1.54. The van der Waals surface area contributed by atoms with Gasteiger partial charge in [-0.3, -0.25) is 0 Å². The summed E-state index contributed by atoms with van der Waals surface area (Å²) in [6, 6.07) is 18.1.